The highest BCUT2D eigenvalue weighted by Crippen LogP contribution is 2.35. The SMILES string of the molecule is Nc1cc(OCC(F)(F)F)c(Br)cc1[N+](=O)[O-]. The molecule has 17 heavy (non-hydrogen) atoms. The van der Waals surface area contributed by atoms with Gasteiger partial charge in [-0.1, -0.05) is 0 Å². The second-order valence-corrected chi connectivity index (χ2v) is 3.86. The third kappa shape index (κ3) is 3.77. The highest BCUT2D eigenvalue weighted by molar-refractivity contribution is 9.10. The number of nitro benzene ring substituents is 1. The predicted molar refractivity (Wildman–Crippen MR) is 56.8 cm³/mol. The Morgan fingerprint density at radius 1 is 1.47 bits per heavy atom. The van der Waals surface area contributed by atoms with Gasteiger partial charge in [0.2, 0.25) is 0 Å². The quantitative estimate of drug-likeness (QED) is 0.528. The molecule has 0 aromatic heterocycles. The summed E-state index contributed by atoms with van der Waals surface area (Å²) in [7, 11) is 0. The van der Waals surface area contributed by atoms with Crippen molar-refractivity contribution >= 4 is 27.3 Å². The Labute approximate surface area is 102 Å². The number of nitro groups is 1. The van der Waals surface area contributed by atoms with E-state index in [1.54, 1.807) is 0 Å². The van der Waals surface area contributed by atoms with Crippen molar-refractivity contribution in [1.29, 1.82) is 0 Å². The average molecular weight is 315 g/mol. The smallest absolute Gasteiger partial charge is 0.422 e. The minimum Gasteiger partial charge on any atom is -0.483 e. The van der Waals surface area contributed by atoms with E-state index >= 15 is 0 Å². The number of ether oxygens (including phenoxy) is 1. The first-order valence-corrected chi connectivity index (χ1v) is 4.93. The number of hydrogen-bond donors (Lipinski definition) is 1. The number of anilines is 1. The molecule has 0 unspecified atom stereocenters. The molecule has 0 atom stereocenters. The van der Waals surface area contributed by atoms with Crippen LogP contribution >= 0.6 is 15.9 Å². The zero-order chi connectivity index (χ0) is 13.2. The summed E-state index contributed by atoms with van der Waals surface area (Å²) in [6.07, 6.45) is -4.49. The van der Waals surface area contributed by atoms with Crippen LogP contribution < -0.4 is 10.5 Å². The lowest BCUT2D eigenvalue weighted by Crippen LogP contribution is -2.19. The Kier molecular flexibility index (Phi) is 3.81. The Balaban J connectivity index is 2.96. The Hall–Kier alpha value is -1.51. The second kappa shape index (κ2) is 4.78. The zero-order valence-corrected chi connectivity index (χ0v) is 9.71. The maximum absolute atomic E-state index is 11.9. The van der Waals surface area contributed by atoms with Crippen molar-refractivity contribution < 1.29 is 22.8 Å². The van der Waals surface area contributed by atoms with Crippen LogP contribution in [0.5, 0.6) is 5.75 Å². The standard InChI is InChI=1S/C8H6BrF3N2O3/c9-4-1-6(14(15)16)5(13)2-7(4)17-3-8(10,11)12/h1-2H,3,13H2. The molecule has 0 saturated heterocycles. The van der Waals surface area contributed by atoms with E-state index in [2.05, 4.69) is 20.7 Å². The molecule has 0 amide bonds. The molecule has 94 valence electrons. The molecule has 0 aliphatic carbocycles. The number of nitrogen functional groups attached to an aromatic ring is 1. The molecule has 0 spiro atoms. The van der Waals surface area contributed by atoms with Crippen LogP contribution in [0.4, 0.5) is 24.5 Å². The summed E-state index contributed by atoms with van der Waals surface area (Å²) in [5.74, 6) is -0.203. The molecular weight excluding hydrogens is 309 g/mol. The van der Waals surface area contributed by atoms with Gasteiger partial charge in [0, 0.05) is 12.1 Å². The molecule has 1 aromatic carbocycles. The van der Waals surface area contributed by atoms with E-state index in [9.17, 15) is 23.3 Å². The van der Waals surface area contributed by atoms with E-state index in [1.165, 1.54) is 0 Å². The lowest BCUT2D eigenvalue weighted by molar-refractivity contribution is -0.384. The molecule has 0 radical (unpaired) electrons. The van der Waals surface area contributed by atoms with Gasteiger partial charge in [0.05, 0.1) is 9.40 Å². The fraction of sp³-hybridized carbons (Fsp3) is 0.250. The lowest BCUT2D eigenvalue weighted by Gasteiger charge is -2.11. The summed E-state index contributed by atoms with van der Waals surface area (Å²) in [6.45, 7) is -1.50. The monoisotopic (exact) mass is 314 g/mol. The molecule has 9 heteroatoms. The Morgan fingerprint density at radius 2 is 2.06 bits per heavy atom. The number of hydrogen-bond acceptors (Lipinski definition) is 4. The maximum atomic E-state index is 11.9. The van der Waals surface area contributed by atoms with Crippen LogP contribution in [0.2, 0.25) is 0 Å². The predicted octanol–water partition coefficient (Wildman–Crippen LogP) is 2.88. The third-order valence-electron chi connectivity index (χ3n) is 1.67. The maximum Gasteiger partial charge on any atom is 0.422 e. The van der Waals surface area contributed by atoms with E-state index in [4.69, 9.17) is 5.73 Å². The van der Waals surface area contributed by atoms with E-state index in [0.717, 1.165) is 12.1 Å². The van der Waals surface area contributed by atoms with Crippen molar-refractivity contribution in [2.24, 2.45) is 0 Å². The van der Waals surface area contributed by atoms with Gasteiger partial charge in [-0.15, -0.1) is 0 Å². The molecule has 1 rings (SSSR count). The summed E-state index contributed by atoms with van der Waals surface area (Å²) >= 11 is 2.86. The van der Waals surface area contributed by atoms with Gasteiger partial charge in [0.15, 0.2) is 6.61 Å². The summed E-state index contributed by atoms with van der Waals surface area (Å²) < 4.78 is 40.2. The summed E-state index contributed by atoms with van der Waals surface area (Å²) in [5, 5.41) is 10.5. The third-order valence-corrected chi connectivity index (χ3v) is 2.29. The van der Waals surface area contributed by atoms with Crippen molar-refractivity contribution in [3.63, 3.8) is 0 Å². The second-order valence-electron chi connectivity index (χ2n) is 3.00. The van der Waals surface area contributed by atoms with Crippen molar-refractivity contribution in [2.45, 2.75) is 6.18 Å². The van der Waals surface area contributed by atoms with E-state index < -0.39 is 23.4 Å². The molecule has 0 bridgehead atoms. The fourth-order valence-electron chi connectivity index (χ4n) is 0.987. The van der Waals surface area contributed by atoms with Crippen molar-refractivity contribution in [1.82, 2.24) is 0 Å². The molecule has 0 fully saturated rings. The van der Waals surface area contributed by atoms with Crippen LogP contribution in [0.15, 0.2) is 16.6 Å². The number of alkyl halides is 3. The highest BCUT2D eigenvalue weighted by atomic mass is 79.9. The van der Waals surface area contributed by atoms with Crippen LogP contribution in [0, 0.1) is 10.1 Å². The van der Waals surface area contributed by atoms with Gasteiger partial charge in [-0.2, -0.15) is 13.2 Å². The molecule has 2 N–H and O–H groups in total. The molecule has 0 saturated carbocycles. The molecule has 0 aliphatic rings. The van der Waals surface area contributed by atoms with Crippen LogP contribution in [0.1, 0.15) is 0 Å². The number of halogens is 4. The van der Waals surface area contributed by atoms with Gasteiger partial charge >= 0.3 is 6.18 Å². The minimum atomic E-state index is -4.49. The first-order valence-electron chi connectivity index (χ1n) is 4.13. The first kappa shape index (κ1) is 13.6. The number of nitrogens with zero attached hydrogens (tertiary/aromatic N) is 1. The van der Waals surface area contributed by atoms with Crippen molar-refractivity contribution in [3.8, 4) is 5.75 Å². The molecular formula is C8H6BrF3N2O3. The van der Waals surface area contributed by atoms with E-state index in [-0.39, 0.29) is 15.9 Å². The summed E-state index contributed by atoms with van der Waals surface area (Å²) in [5.41, 5.74) is 4.63. The number of nitrogens with two attached hydrogens (primary N) is 1. The highest BCUT2D eigenvalue weighted by Gasteiger charge is 2.29. The summed E-state index contributed by atoms with van der Waals surface area (Å²) in [4.78, 5) is 9.74. The average Bonchev–Trinajstić information content (AvgIpc) is 2.17. The zero-order valence-electron chi connectivity index (χ0n) is 8.12. The van der Waals surface area contributed by atoms with E-state index in [0.29, 0.717) is 0 Å². The van der Waals surface area contributed by atoms with Crippen LogP contribution in [-0.4, -0.2) is 17.7 Å². The molecule has 0 heterocycles. The number of rotatable bonds is 3. The van der Waals surface area contributed by atoms with Crippen LogP contribution in [0.25, 0.3) is 0 Å². The van der Waals surface area contributed by atoms with Gasteiger partial charge in [-0.05, 0) is 15.9 Å². The van der Waals surface area contributed by atoms with Gasteiger partial charge < -0.3 is 10.5 Å². The first-order chi connectivity index (χ1) is 7.70. The molecule has 0 aliphatic heterocycles. The lowest BCUT2D eigenvalue weighted by atomic mass is 10.2. The Morgan fingerprint density at radius 3 is 2.53 bits per heavy atom. The normalized spacial score (nSPS) is 11.3. The molecule has 5 nitrogen and oxygen atoms in total. The fourth-order valence-corrected chi connectivity index (χ4v) is 1.43. The topological polar surface area (TPSA) is 78.4 Å². The van der Waals surface area contributed by atoms with Gasteiger partial charge in [-0.25, -0.2) is 0 Å². The van der Waals surface area contributed by atoms with Crippen molar-refractivity contribution in [2.75, 3.05) is 12.3 Å². The largest absolute Gasteiger partial charge is 0.483 e. The summed E-state index contributed by atoms with van der Waals surface area (Å²) in [6, 6.07) is 1.95. The van der Waals surface area contributed by atoms with E-state index in [1.807, 2.05) is 0 Å². The number of benzene rings is 1. The Bertz CT molecular complexity index is 450. The van der Waals surface area contributed by atoms with Crippen molar-refractivity contribution in [3.05, 3.63) is 26.7 Å². The van der Waals surface area contributed by atoms with Gasteiger partial charge in [0.1, 0.15) is 11.4 Å². The van der Waals surface area contributed by atoms with Gasteiger partial charge in [-0.3, -0.25) is 10.1 Å². The van der Waals surface area contributed by atoms with Crippen LogP contribution in [-0.2, 0) is 0 Å². The molecule has 1 aromatic rings. The minimum absolute atomic E-state index is 0.0302. The van der Waals surface area contributed by atoms with Gasteiger partial charge in [0.25, 0.3) is 5.69 Å². The van der Waals surface area contributed by atoms with Crippen LogP contribution in [0.3, 0.4) is 0 Å².